The van der Waals surface area contributed by atoms with E-state index in [4.69, 9.17) is 4.74 Å². The van der Waals surface area contributed by atoms with Crippen LogP contribution in [0.2, 0.25) is 19.1 Å². The molecule has 0 heterocycles. The molecule has 0 aliphatic carbocycles. The highest BCUT2D eigenvalue weighted by atomic mass is 28.4. The number of carbonyl (C=O) groups is 1. The molecule has 2 nitrogen and oxygen atoms in total. The smallest absolute Gasteiger partial charge is 0.330 e. The van der Waals surface area contributed by atoms with Crippen molar-refractivity contribution in [1.29, 1.82) is 0 Å². The molecular formula is C11H21FO2Si. The third kappa shape index (κ3) is 11.3. The van der Waals surface area contributed by atoms with Crippen LogP contribution in [-0.2, 0) is 9.53 Å². The Morgan fingerprint density at radius 2 is 2.00 bits per heavy atom. The first-order chi connectivity index (χ1) is 6.95. The van der Waals surface area contributed by atoms with Crippen LogP contribution in [0.25, 0.3) is 0 Å². The van der Waals surface area contributed by atoms with Gasteiger partial charge in [-0.1, -0.05) is 18.9 Å². The Morgan fingerprint density at radius 3 is 2.53 bits per heavy atom. The second kappa shape index (κ2) is 7.62. The lowest BCUT2D eigenvalue weighted by molar-refractivity contribution is -0.137. The molecule has 15 heavy (non-hydrogen) atoms. The van der Waals surface area contributed by atoms with Crippen LogP contribution in [0.5, 0.6) is 0 Å². The van der Waals surface area contributed by atoms with E-state index in [0.717, 1.165) is 19.3 Å². The summed E-state index contributed by atoms with van der Waals surface area (Å²) in [7, 11) is -2.37. The van der Waals surface area contributed by atoms with Gasteiger partial charge in [-0.15, -0.1) is 0 Å². The Balaban J connectivity index is 3.29. The standard InChI is InChI=1S/C11H21FO2Si/c1-4-8-11(13)14-9-6-5-7-10-15(2,3)12/h4,8H,5-7,9-10H2,1-3H3. The predicted octanol–water partition coefficient (Wildman–Crippen LogP) is 3.45. The lowest BCUT2D eigenvalue weighted by Gasteiger charge is -2.09. The number of rotatable bonds is 7. The molecule has 0 aromatic heterocycles. The second-order valence-corrected chi connectivity index (χ2v) is 8.13. The van der Waals surface area contributed by atoms with E-state index in [9.17, 15) is 8.90 Å². The maximum absolute atomic E-state index is 13.2. The van der Waals surface area contributed by atoms with Crippen LogP contribution < -0.4 is 0 Å². The largest absolute Gasteiger partial charge is 0.463 e. The lowest BCUT2D eigenvalue weighted by atomic mass is 10.3. The molecule has 0 aromatic rings. The molecule has 0 bridgehead atoms. The maximum Gasteiger partial charge on any atom is 0.330 e. The zero-order valence-corrected chi connectivity index (χ0v) is 10.9. The van der Waals surface area contributed by atoms with Gasteiger partial charge in [-0.3, -0.25) is 0 Å². The lowest BCUT2D eigenvalue weighted by Crippen LogP contribution is -2.16. The fourth-order valence-corrected chi connectivity index (χ4v) is 2.27. The van der Waals surface area contributed by atoms with Crippen LogP contribution >= 0.6 is 0 Å². The van der Waals surface area contributed by atoms with Gasteiger partial charge in [0.2, 0.25) is 8.41 Å². The topological polar surface area (TPSA) is 26.3 Å². The molecule has 0 aliphatic heterocycles. The molecule has 0 radical (unpaired) electrons. The quantitative estimate of drug-likeness (QED) is 0.221. The van der Waals surface area contributed by atoms with E-state index in [2.05, 4.69) is 0 Å². The van der Waals surface area contributed by atoms with E-state index in [0.29, 0.717) is 12.7 Å². The minimum Gasteiger partial charge on any atom is -0.463 e. The average molecular weight is 232 g/mol. The van der Waals surface area contributed by atoms with Gasteiger partial charge in [0.1, 0.15) is 0 Å². The maximum atomic E-state index is 13.2. The van der Waals surface area contributed by atoms with E-state index >= 15 is 0 Å². The Morgan fingerprint density at radius 1 is 1.33 bits per heavy atom. The van der Waals surface area contributed by atoms with Crippen molar-refractivity contribution in [3.63, 3.8) is 0 Å². The summed E-state index contributed by atoms with van der Waals surface area (Å²) in [5.41, 5.74) is 0. The van der Waals surface area contributed by atoms with Crippen molar-refractivity contribution in [2.75, 3.05) is 6.61 Å². The second-order valence-electron chi connectivity index (χ2n) is 4.20. The number of unbranched alkanes of at least 4 members (excludes halogenated alkanes) is 2. The van der Waals surface area contributed by atoms with Crippen LogP contribution in [0.4, 0.5) is 4.11 Å². The Labute approximate surface area is 92.7 Å². The Hall–Kier alpha value is -0.643. The van der Waals surface area contributed by atoms with Gasteiger partial charge in [0.15, 0.2) is 0 Å². The summed E-state index contributed by atoms with van der Waals surface area (Å²) in [4.78, 5) is 10.9. The van der Waals surface area contributed by atoms with Gasteiger partial charge < -0.3 is 8.84 Å². The number of hydrogen-bond acceptors (Lipinski definition) is 2. The van der Waals surface area contributed by atoms with E-state index < -0.39 is 8.41 Å². The highest BCUT2D eigenvalue weighted by Crippen LogP contribution is 2.15. The monoisotopic (exact) mass is 232 g/mol. The summed E-state index contributed by atoms with van der Waals surface area (Å²) in [5, 5.41) is 0. The predicted molar refractivity (Wildman–Crippen MR) is 63.0 cm³/mol. The molecule has 0 spiro atoms. The van der Waals surface area contributed by atoms with Crippen LogP contribution in [0.1, 0.15) is 26.2 Å². The molecule has 0 amide bonds. The summed E-state index contributed by atoms with van der Waals surface area (Å²) < 4.78 is 18.1. The van der Waals surface area contributed by atoms with Crippen LogP contribution in [-0.4, -0.2) is 21.0 Å². The van der Waals surface area contributed by atoms with E-state index in [-0.39, 0.29) is 5.97 Å². The number of ether oxygens (including phenoxy) is 1. The molecule has 0 saturated carbocycles. The average Bonchev–Trinajstić information content (AvgIpc) is 2.09. The summed E-state index contributed by atoms with van der Waals surface area (Å²) in [6.07, 6.45) is 5.71. The Bertz CT molecular complexity index is 209. The van der Waals surface area contributed by atoms with Gasteiger partial charge >= 0.3 is 5.97 Å². The summed E-state index contributed by atoms with van der Waals surface area (Å²) in [6.45, 7) is 5.66. The molecular weight excluding hydrogens is 211 g/mol. The molecule has 0 aliphatic rings. The van der Waals surface area contributed by atoms with Crippen LogP contribution in [0, 0.1) is 0 Å². The van der Waals surface area contributed by atoms with Crippen molar-refractivity contribution >= 4 is 14.4 Å². The number of carbonyl (C=O) groups excluding carboxylic acids is 1. The van der Waals surface area contributed by atoms with Crippen molar-refractivity contribution in [2.45, 2.75) is 45.3 Å². The molecule has 0 N–H and O–H groups in total. The van der Waals surface area contributed by atoms with Gasteiger partial charge in [-0.25, -0.2) is 4.79 Å². The molecule has 0 unspecified atom stereocenters. The van der Waals surface area contributed by atoms with Gasteiger partial charge in [0, 0.05) is 6.08 Å². The van der Waals surface area contributed by atoms with Crippen molar-refractivity contribution in [1.82, 2.24) is 0 Å². The van der Waals surface area contributed by atoms with E-state index in [1.165, 1.54) is 6.08 Å². The van der Waals surface area contributed by atoms with Gasteiger partial charge in [0.25, 0.3) is 0 Å². The highest BCUT2D eigenvalue weighted by molar-refractivity contribution is 6.70. The molecule has 0 rings (SSSR count). The normalized spacial score (nSPS) is 12.0. The molecule has 88 valence electrons. The minimum absolute atomic E-state index is 0.294. The fourth-order valence-electron chi connectivity index (χ4n) is 1.18. The first kappa shape index (κ1) is 14.4. The number of allylic oxidation sites excluding steroid dienone is 1. The van der Waals surface area contributed by atoms with Crippen LogP contribution in [0.15, 0.2) is 12.2 Å². The first-order valence-electron chi connectivity index (χ1n) is 5.44. The van der Waals surface area contributed by atoms with Crippen molar-refractivity contribution in [3.8, 4) is 0 Å². The summed E-state index contributed by atoms with van der Waals surface area (Å²) in [5.74, 6) is -0.294. The third-order valence-corrected chi connectivity index (χ3v) is 3.51. The SMILES string of the molecule is CC=CC(=O)OCCCCC[Si](C)(C)F. The number of hydrogen-bond donors (Lipinski definition) is 0. The van der Waals surface area contributed by atoms with Crippen molar-refractivity contribution in [3.05, 3.63) is 12.2 Å². The van der Waals surface area contributed by atoms with Crippen molar-refractivity contribution in [2.24, 2.45) is 0 Å². The third-order valence-electron chi connectivity index (χ3n) is 1.96. The van der Waals surface area contributed by atoms with E-state index in [1.54, 1.807) is 26.1 Å². The molecule has 0 atom stereocenters. The molecule has 0 fully saturated rings. The minimum atomic E-state index is -2.37. The van der Waals surface area contributed by atoms with Gasteiger partial charge in [-0.05, 0) is 32.5 Å². The highest BCUT2D eigenvalue weighted by Gasteiger charge is 2.18. The summed E-state index contributed by atoms with van der Waals surface area (Å²) >= 11 is 0. The zero-order valence-electron chi connectivity index (χ0n) is 9.88. The number of halogens is 1. The van der Waals surface area contributed by atoms with Crippen LogP contribution in [0.3, 0.4) is 0 Å². The van der Waals surface area contributed by atoms with Crippen molar-refractivity contribution < 1.29 is 13.6 Å². The molecule has 4 heteroatoms. The van der Waals surface area contributed by atoms with E-state index in [1.807, 2.05) is 0 Å². The molecule has 0 aromatic carbocycles. The van der Waals surface area contributed by atoms with Gasteiger partial charge in [0.05, 0.1) is 6.61 Å². The number of esters is 1. The first-order valence-corrected chi connectivity index (χ1v) is 8.52. The zero-order chi connectivity index (χ0) is 11.7. The molecule has 0 saturated heterocycles. The Kier molecular flexibility index (Phi) is 7.30. The van der Waals surface area contributed by atoms with Gasteiger partial charge in [-0.2, -0.15) is 0 Å². The summed E-state index contributed by atoms with van der Waals surface area (Å²) in [6, 6.07) is 0.704. The fraction of sp³-hybridized carbons (Fsp3) is 0.727.